The Morgan fingerprint density at radius 2 is 2.10 bits per heavy atom. The highest BCUT2D eigenvalue weighted by Gasteiger charge is 2.43. The zero-order valence-corrected chi connectivity index (χ0v) is 11.8. The normalized spacial score (nSPS) is 28.0. The number of aryl methyl sites for hydroxylation is 1. The summed E-state index contributed by atoms with van der Waals surface area (Å²) in [6, 6.07) is 1.83. The summed E-state index contributed by atoms with van der Waals surface area (Å²) in [6.45, 7) is 3.61. The molecule has 110 valence electrons. The molecule has 0 radical (unpaired) electrons. The van der Waals surface area contributed by atoms with Crippen LogP contribution in [-0.4, -0.2) is 45.5 Å². The Morgan fingerprint density at radius 3 is 2.81 bits per heavy atom. The van der Waals surface area contributed by atoms with Gasteiger partial charge in [0.05, 0.1) is 18.6 Å². The minimum atomic E-state index is 0.179. The number of anilines is 1. The quantitative estimate of drug-likeness (QED) is 0.833. The van der Waals surface area contributed by atoms with Crippen LogP contribution in [0.4, 0.5) is 5.95 Å². The Morgan fingerprint density at radius 1 is 1.24 bits per heavy atom. The van der Waals surface area contributed by atoms with Crippen LogP contribution in [0.5, 0.6) is 0 Å². The summed E-state index contributed by atoms with van der Waals surface area (Å²) < 4.78 is 11.6. The third-order valence-electron chi connectivity index (χ3n) is 4.12. The molecule has 2 fully saturated rings. The monoisotopic (exact) mass is 287 g/mol. The number of nitrogens with zero attached hydrogens (tertiary/aromatic N) is 5. The lowest BCUT2D eigenvalue weighted by atomic mass is 10.0. The number of hydrogen-bond acceptors (Lipinski definition) is 7. The zero-order valence-electron chi connectivity index (χ0n) is 11.8. The lowest BCUT2D eigenvalue weighted by Gasteiger charge is -2.18. The summed E-state index contributed by atoms with van der Waals surface area (Å²) in [5, 5.41) is 7.89. The molecule has 2 aromatic heterocycles. The first-order valence-corrected chi connectivity index (χ1v) is 7.24. The van der Waals surface area contributed by atoms with Gasteiger partial charge in [-0.25, -0.2) is 9.97 Å². The maximum atomic E-state index is 6.13. The number of hydrogen-bond donors (Lipinski definition) is 0. The van der Waals surface area contributed by atoms with Gasteiger partial charge in [-0.1, -0.05) is 0 Å². The van der Waals surface area contributed by atoms with E-state index in [1.54, 1.807) is 19.3 Å². The van der Waals surface area contributed by atoms with Gasteiger partial charge in [0, 0.05) is 38.3 Å². The zero-order chi connectivity index (χ0) is 14.2. The fourth-order valence-electron chi connectivity index (χ4n) is 3.23. The molecule has 0 unspecified atom stereocenters. The van der Waals surface area contributed by atoms with Crippen LogP contribution in [0.2, 0.25) is 0 Å². The van der Waals surface area contributed by atoms with Crippen LogP contribution in [0, 0.1) is 12.8 Å². The highest BCUT2D eigenvalue weighted by atomic mass is 16.5. The summed E-state index contributed by atoms with van der Waals surface area (Å²) in [5.41, 5.74) is 0. The van der Waals surface area contributed by atoms with Crippen LogP contribution >= 0.6 is 0 Å². The van der Waals surface area contributed by atoms with Gasteiger partial charge in [-0.15, -0.1) is 10.2 Å². The SMILES string of the molecule is Cc1nnc(C[C@H]2C[C@H]3CN(c4ncccn4)C[C@H]3O2)o1. The van der Waals surface area contributed by atoms with Gasteiger partial charge in [0.15, 0.2) is 0 Å². The van der Waals surface area contributed by atoms with Gasteiger partial charge in [-0.05, 0) is 12.5 Å². The predicted molar refractivity (Wildman–Crippen MR) is 73.8 cm³/mol. The van der Waals surface area contributed by atoms with Crippen molar-refractivity contribution in [2.45, 2.75) is 32.0 Å². The van der Waals surface area contributed by atoms with Crippen molar-refractivity contribution in [3.05, 3.63) is 30.2 Å². The van der Waals surface area contributed by atoms with Gasteiger partial charge in [0.1, 0.15) is 0 Å². The molecule has 2 aliphatic heterocycles. The molecule has 0 bridgehead atoms. The summed E-state index contributed by atoms with van der Waals surface area (Å²) in [6.07, 6.45) is 5.71. The Balaban J connectivity index is 1.37. The average molecular weight is 287 g/mol. The smallest absolute Gasteiger partial charge is 0.225 e. The van der Waals surface area contributed by atoms with Crippen molar-refractivity contribution in [3.63, 3.8) is 0 Å². The highest BCUT2D eigenvalue weighted by molar-refractivity contribution is 5.32. The van der Waals surface area contributed by atoms with E-state index in [4.69, 9.17) is 9.15 Å². The molecule has 2 saturated heterocycles. The lowest BCUT2D eigenvalue weighted by molar-refractivity contribution is 0.0463. The standard InChI is InChI=1S/C14H17N5O2/c1-9-17-18-13(20-9)6-11-5-10-7-19(8-12(10)21-11)14-15-3-2-4-16-14/h2-4,10-12H,5-8H2,1H3/t10-,11+,12+/m0/s1. The molecule has 0 N–H and O–H groups in total. The second-order valence-corrected chi connectivity index (χ2v) is 5.67. The molecule has 7 nitrogen and oxygen atoms in total. The third-order valence-corrected chi connectivity index (χ3v) is 4.12. The Kier molecular flexibility index (Phi) is 3.07. The number of rotatable bonds is 3. The molecule has 0 saturated carbocycles. The van der Waals surface area contributed by atoms with E-state index >= 15 is 0 Å². The van der Waals surface area contributed by atoms with Crippen LogP contribution in [0.15, 0.2) is 22.9 Å². The fraction of sp³-hybridized carbons (Fsp3) is 0.571. The van der Waals surface area contributed by atoms with E-state index in [2.05, 4.69) is 25.1 Å². The van der Waals surface area contributed by atoms with Crippen molar-refractivity contribution in [2.75, 3.05) is 18.0 Å². The van der Waals surface area contributed by atoms with Gasteiger partial charge in [-0.2, -0.15) is 0 Å². The summed E-state index contributed by atoms with van der Waals surface area (Å²) in [5.74, 6) is 2.60. The molecule has 0 aromatic carbocycles. The molecule has 2 aliphatic rings. The fourth-order valence-corrected chi connectivity index (χ4v) is 3.23. The maximum absolute atomic E-state index is 6.13. The molecule has 0 amide bonds. The molecular weight excluding hydrogens is 270 g/mol. The van der Waals surface area contributed by atoms with E-state index < -0.39 is 0 Å². The van der Waals surface area contributed by atoms with E-state index in [0.717, 1.165) is 25.5 Å². The third kappa shape index (κ3) is 2.49. The van der Waals surface area contributed by atoms with Gasteiger partial charge < -0.3 is 14.1 Å². The Bertz CT molecular complexity index is 603. The number of fused-ring (bicyclic) bond motifs is 1. The van der Waals surface area contributed by atoms with Crippen molar-refractivity contribution in [1.29, 1.82) is 0 Å². The topological polar surface area (TPSA) is 77.2 Å². The molecule has 4 rings (SSSR count). The highest BCUT2D eigenvalue weighted by Crippen LogP contribution is 2.35. The second kappa shape index (κ2) is 5.07. The van der Waals surface area contributed by atoms with Gasteiger partial charge >= 0.3 is 0 Å². The van der Waals surface area contributed by atoms with Crippen molar-refractivity contribution >= 4 is 5.95 Å². The number of aromatic nitrogens is 4. The van der Waals surface area contributed by atoms with Crippen LogP contribution in [-0.2, 0) is 11.2 Å². The second-order valence-electron chi connectivity index (χ2n) is 5.67. The molecule has 0 spiro atoms. The molecule has 7 heteroatoms. The molecule has 3 atom stereocenters. The summed E-state index contributed by atoms with van der Waals surface area (Å²) >= 11 is 0. The number of ether oxygens (including phenoxy) is 1. The first-order chi connectivity index (χ1) is 10.3. The van der Waals surface area contributed by atoms with Crippen molar-refractivity contribution in [3.8, 4) is 0 Å². The first kappa shape index (κ1) is 12.7. The minimum Gasteiger partial charge on any atom is -0.426 e. The van der Waals surface area contributed by atoms with E-state index in [0.29, 0.717) is 24.1 Å². The largest absolute Gasteiger partial charge is 0.426 e. The van der Waals surface area contributed by atoms with Crippen molar-refractivity contribution < 1.29 is 9.15 Å². The van der Waals surface area contributed by atoms with Crippen LogP contribution in [0.3, 0.4) is 0 Å². The average Bonchev–Trinajstić information content (AvgIpc) is 3.15. The summed E-state index contributed by atoms with van der Waals surface area (Å²) in [7, 11) is 0. The minimum absolute atomic E-state index is 0.179. The van der Waals surface area contributed by atoms with Crippen molar-refractivity contribution in [2.24, 2.45) is 5.92 Å². The van der Waals surface area contributed by atoms with Gasteiger partial charge in [0.2, 0.25) is 17.7 Å². The van der Waals surface area contributed by atoms with Crippen LogP contribution in [0.1, 0.15) is 18.2 Å². The molecular formula is C14H17N5O2. The predicted octanol–water partition coefficient (Wildman–Crippen LogP) is 1.00. The van der Waals surface area contributed by atoms with Gasteiger partial charge in [-0.3, -0.25) is 0 Å². The maximum Gasteiger partial charge on any atom is 0.225 e. The van der Waals surface area contributed by atoms with E-state index in [1.165, 1.54) is 0 Å². The lowest BCUT2D eigenvalue weighted by Crippen LogP contribution is -2.26. The Hall–Kier alpha value is -2.02. The Labute approximate surface area is 122 Å². The molecule has 2 aromatic rings. The van der Waals surface area contributed by atoms with E-state index in [9.17, 15) is 0 Å². The van der Waals surface area contributed by atoms with Gasteiger partial charge in [0.25, 0.3) is 0 Å². The van der Waals surface area contributed by atoms with Crippen molar-refractivity contribution in [1.82, 2.24) is 20.2 Å². The van der Waals surface area contributed by atoms with Crippen LogP contribution in [0.25, 0.3) is 0 Å². The first-order valence-electron chi connectivity index (χ1n) is 7.24. The van der Waals surface area contributed by atoms with Crippen LogP contribution < -0.4 is 4.90 Å². The van der Waals surface area contributed by atoms with E-state index in [1.807, 2.05) is 6.07 Å². The molecule has 4 heterocycles. The van der Waals surface area contributed by atoms with E-state index in [-0.39, 0.29) is 12.2 Å². The molecule has 21 heavy (non-hydrogen) atoms. The molecule has 0 aliphatic carbocycles. The summed E-state index contributed by atoms with van der Waals surface area (Å²) in [4.78, 5) is 10.8.